The lowest BCUT2D eigenvalue weighted by atomic mass is 10.1. The number of aromatic nitrogens is 3. The van der Waals surface area contributed by atoms with E-state index in [2.05, 4.69) is 36.4 Å². The fraction of sp³-hybridized carbons (Fsp3) is 0.467. The lowest BCUT2D eigenvalue weighted by Gasteiger charge is -2.15. The van der Waals surface area contributed by atoms with E-state index in [0.29, 0.717) is 15.7 Å². The summed E-state index contributed by atoms with van der Waals surface area (Å²) in [5.74, 6) is 0. The smallest absolute Gasteiger partial charge is 0.104 e. The summed E-state index contributed by atoms with van der Waals surface area (Å²) in [6.45, 7) is 7.20. The highest BCUT2D eigenvalue weighted by Crippen LogP contribution is 2.30. The number of rotatable bonds is 6. The second kappa shape index (κ2) is 7.25. The summed E-state index contributed by atoms with van der Waals surface area (Å²) in [5, 5.41) is 13.2. The van der Waals surface area contributed by atoms with Crippen LogP contribution in [0.4, 0.5) is 0 Å². The number of hydrogen-bond donors (Lipinski definition) is 1. The summed E-state index contributed by atoms with van der Waals surface area (Å²) < 4.78 is 1.76. The fourth-order valence-corrected chi connectivity index (χ4v) is 3.02. The van der Waals surface area contributed by atoms with E-state index in [1.54, 1.807) is 4.68 Å². The third-order valence-electron chi connectivity index (χ3n) is 3.47. The highest BCUT2D eigenvalue weighted by atomic mass is 35.5. The van der Waals surface area contributed by atoms with Gasteiger partial charge in [0.15, 0.2) is 0 Å². The lowest BCUT2D eigenvalue weighted by Crippen LogP contribution is -2.21. The molecule has 0 spiro atoms. The van der Waals surface area contributed by atoms with Crippen molar-refractivity contribution >= 4 is 23.2 Å². The van der Waals surface area contributed by atoms with E-state index < -0.39 is 0 Å². The van der Waals surface area contributed by atoms with Gasteiger partial charge in [-0.05, 0) is 31.5 Å². The zero-order valence-corrected chi connectivity index (χ0v) is 14.0. The molecular weight excluding hydrogens is 307 g/mol. The first-order valence-electron chi connectivity index (χ1n) is 7.26. The third kappa shape index (κ3) is 3.23. The van der Waals surface area contributed by atoms with E-state index in [-0.39, 0.29) is 6.04 Å². The van der Waals surface area contributed by atoms with Gasteiger partial charge in [0.05, 0.1) is 21.8 Å². The number of halogens is 2. The zero-order chi connectivity index (χ0) is 15.4. The molecule has 1 unspecified atom stereocenters. The van der Waals surface area contributed by atoms with Crippen LogP contribution < -0.4 is 5.32 Å². The number of para-hydroxylation sites is 1. The van der Waals surface area contributed by atoms with Gasteiger partial charge in [0.1, 0.15) is 11.4 Å². The molecule has 0 fully saturated rings. The van der Waals surface area contributed by atoms with Crippen LogP contribution in [-0.4, -0.2) is 21.5 Å². The first kappa shape index (κ1) is 16.3. The standard InChI is InChI=1S/C15H20Cl2N4/c1-4-12(18-6-3)14-13(5-2)21(20-19-14)15-10(16)8-7-9-11(15)17/h7-9,12,18H,4-6H2,1-3H3. The Balaban J connectivity index is 2.54. The largest absolute Gasteiger partial charge is 0.309 e. The van der Waals surface area contributed by atoms with Crippen molar-refractivity contribution in [1.29, 1.82) is 0 Å². The second-order valence-corrected chi connectivity index (χ2v) is 5.59. The molecule has 0 aliphatic heterocycles. The molecule has 2 rings (SSSR count). The lowest BCUT2D eigenvalue weighted by molar-refractivity contribution is 0.520. The van der Waals surface area contributed by atoms with E-state index in [1.165, 1.54) is 0 Å². The maximum atomic E-state index is 6.29. The molecule has 0 saturated heterocycles. The van der Waals surface area contributed by atoms with E-state index in [0.717, 1.165) is 30.8 Å². The molecule has 2 aromatic rings. The average molecular weight is 327 g/mol. The molecule has 1 N–H and O–H groups in total. The van der Waals surface area contributed by atoms with Gasteiger partial charge in [-0.15, -0.1) is 5.10 Å². The van der Waals surface area contributed by atoms with Crippen molar-refractivity contribution in [3.05, 3.63) is 39.6 Å². The van der Waals surface area contributed by atoms with E-state index in [9.17, 15) is 0 Å². The van der Waals surface area contributed by atoms with Gasteiger partial charge < -0.3 is 5.32 Å². The van der Waals surface area contributed by atoms with Crippen LogP contribution in [0.5, 0.6) is 0 Å². The van der Waals surface area contributed by atoms with Gasteiger partial charge in [0, 0.05) is 0 Å². The van der Waals surface area contributed by atoms with E-state index in [4.69, 9.17) is 23.2 Å². The highest BCUT2D eigenvalue weighted by molar-refractivity contribution is 6.37. The third-order valence-corrected chi connectivity index (χ3v) is 4.08. The van der Waals surface area contributed by atoms with Gasteiger partial charge >= 0.3 is 0 Å². The van der Waals surface area contributed by atoms with Crippen LogP contribution in [0, 0.1) is 0 Å². The minimum atomic E-state index is 0.194. The molecule has 1 aromatic heterocycles. The van der Waals surface area contributed by atoms with Crippen molar-refractivity contribution in [3.8, 4) is 5.69 Å². The first-order valence-corrected chi connectivity index (χ1v) is 8.01. The summed E-state index contributed by atoms with van der Waals surface area (Å²) in [4.78, 5) is 0. The first-order chi connectivity index (χ1) is 10.1. The molecule has 0 bridgehead atoms. The number of hydrogen-bond acceptors (Lipinski definition) is 3. The second-order valence-electron chi connectivity index (χ2n) is 4.78. The van der Waals surface area contributed by atoms with E-state index in [1.807, 2.05) is 18.2 Å². The monoisotopic (exact) mass is 326 g/mol. The number of nitrogens with one attached hydrogen (secondary N) is 1. The van der Waals surface area contributed by atoms with Crippen molar-refractivity contribution in [1.82, 2.24) is 20.3 Å². The molecule has 0 radical (unpaired) electrons. The normalized spacial score (nSPS) is 12.6. The quantitative estimate of drug-likeness (QED) is 0.865. The van der Waals surface area contributed by atoms with Crippen molar-refractivity contribution < 1.29 is 0 Å². The maximum Gasteiger partial charge on any atom is 0.104 e. The van der Waals surface area contributed by atoms with Crippen molar-refractivity contribution in [2.24, 2.45) is 0 Å². The molecule has 0 saturated carbocycles. The number of benzene rings is 1. The Morgan fingerprint density at radius 3 is 2.38 bits per heavy atom. The van der Waals surface area contributed by atoms with Crippen LogP contribution >= 0.6 is 23.2 Å². The van der Waals surface area contributed by atoms with Gasteiger partial charge in [-0.3, -0.25) is 0 Å². The molecule has 114 valence electrons. The van der Waals surface area contributed by atoms with E-state index >= 15 is 0 Å². The Labute approximate surface area is 135 Å². The molecule has 0 aliphatic rings. The Morgan fingerprint density at radius 2 is 1.86 bits per heavy atom. The number of nitrogens with zero attached hydrogens (tertiary/aromatic N) is 3. The van der Waals surface area contributed by atoms with Crippen LogP contribution in [0.25, 0.3) is 5.69 Å². The van der Waals surface area contributed by atoms with Gasteiger partial charge in [-0.2, -0.15) is 0 Å². The molecule has 4 nitrogen and oxygen atoms in total. The Morgan fingerprint density at radius 1 is 1.19 bits per heavy atom. The molecule has 1 heterocycles. The van der Waals surface area contributed by atoms with Gasteiger partial charge in [0.2, 0.25) is 0 Å². The molecule has 0 aliphatic carbocycles. The van der Waals surface area contributed by atoms with Crippen LogP contribution in [-0.2, 0) is 6.42 Å². The van der Waals surface area contributed by atoms with Gasteiger partial charge in [0.25, 0.3) is 0 Å². The fourth-order valence-electron chi connectivity index (χ4n) is 2.47. The van der Waals surface area contributed by atoms with Gasteiger partial charge in [-0.1, -0.05) is 55.3 Å². The Kier molecular flexibility index (Phi) is 5.62. The Hall–Kier alpha value is -1.10. The summed E-state index contributed by atoms with van der Waals surface area (Å²) in [7, 11) is 0. The Bertz CT molecular complexity index is 589. The summed E-state index contributed by atoms with van der Waals surface area (Å²) in [6.07, 6.45) is 1.77. The summed E-state index contributed by atoms with van der Waals surface area (Å²) in [5.41, 5.74) is 2.71. The summed E-state index contributed by atoms with van der Waals surface area (Å²) in [6, 6.07) is 5.64. The van der Waals surface area contributed by atoms with Crippen LogP contribution in [0.15, 0.2) is 18.2 Å². The molecular formula is C15H20Cl2N4. The molecule has 21 heavy (non-hydrogen) atoms. The van der Waals surface area contributed by atoms with Crippen LogP contribution in [0.2, 0.25) is 10.0 Å². The zero-order valence-electron chi connectivity index (χ0n) is 12.5. The predicted octanol–water partition coefficient (Wildman–Crippen LogP) is 4.20. The van der Waals surface area contributed by atoms with Crippen LogP contribution in [0.1, 0.15) is 44.6 Å². The predicted molar refractivity (Wildman–Crippen MR) is 87.5 cm³/mol. The van der Waals surface area contributed by atoms with Gasteiger partial charge in [-0.25, -0.2) is 4.68 Å². The minimum Gasteiger partial charge on any atom is -0.309 e. The minimum absolute atomic E-state index is 0.194. The molecule has 1 aromatic carbocycles. The van der Waals surface area contributed by atoms with Crippen LogP contribution in [0.3, 0.4) is 0 Å². The van der Waals surface area contributed by atoms with Crippen molar-refractivity contribution in [2.45, 2.75) is 39.7 Å². The average Bonchev–Trinajstić information content (AvgIpc) is 2.88. The van der Waals surface area contributed by atoms with Crippen molar-refractivity contribution in [2.75, 3.05) is 6.54 Å². The molecule has 6 heteroatoms. The topological polar surface area (TPSA) is 42.7 Å². The summed E-state index contributed by atoms with van der Waals surface area (Å²) >= 11 is 12.6. The molecule has 0 amide bonds. The SMILES string of the molecule is CCNC(CC)c1nnn(-c2c(Cl)cccc2Cl)c1CC. The van der Waals surface area contributed by atoms with Crippen molar-refractivity contribution in [3.63, 3.8) is 0 Å². The maximum absolute atomic E-state index is 6.29. The molecule has 1 atom stereocenters. The highest BCUT2D eigenvalue weighted by Gasteiger charge is 2.21.